The molecule has 2 aliphatic heterocycles. The molecule has 43 heavy (non-hydrogen) atoms. The van der Waals surface area contributed by atoms with Crippen LogP contribution in [-0.4, -0.2) is 70.7 Å². The van der Waals surface area contributed by atoms with Gasteiger partial charge in [-0.15, -0.1) is 17.9 Å². The highest BCUT2D eigenvalue weighted by atomic mass is 35.5. The second-order valence-electron chi connectivity index (χ2n) is 9.92. The molecule has 1 saturated heterocycles. The van der Waals surface area contributed by atoms with Gasteiger partial charge >= 0.3 is 0 Å². The first kappa shape index (κ1) is 30.3. The lowest BCUT2D eigenvalue weighted by Gasteiger charge is -2.32. The zero-order chi connectivity index (χ0) is 30.5. The Kier molecular flexibility index (Phi) is 9.45. The summed E-state index contributed by atoms with van der Waals surface area (Å²) in [5.74, 6) is 1.57. The number of fused-ring (bicyclic) bond motifs is 1. The Morgan fingerprint density at radius 3 is 2.86 bits per heavy atom. The first-order chi connectivity index (χ1) is 20.8. The fourth-order valence-corrected chi connectivity index (χ4v) is 6.42. The van der Waals surface area contributed by atoms with Crippen LogP contribution in [0.1, 0.15) is 39.7 Å². The highest BCUT2D eigenvalue weighted by Crippen LogP contribution is 2.37. The van der Waals surface area contributed by atoms with Crippen LogP contribution in [0.25, 0.3) is 10.6 Å². The van der Waals surface area contributed by atoms with Crippen LogP contribution in [0.15, 0.2) is 43.1 Å². The fourth-order valence-electron chi connectivity index (χ4n) is 5.03. The minimum absolute atomic E-state index is 0.197. The summed E-state index contributed by atoms with van der Waals surface area (Å²) in [6.45, 7) is 5.38. The van der Waals surface area contributed by atoms with Crippen molar-refractivity contribution in [3.8, 4) is 28.3 Å². The van der Waals surface area contributed by atoms with Crippen molar-refractivity contribution in [2.45, 2.75) is 37.4 Å². The second kappa shape index (κ2) is 13.4. The van der Waals surface area contributed by atoms with Crippen LogP contribution in [0.3, 0.4) is 0 Å². The molecule has 2 amide bonds. The standard InChI is InChI=1S/C30H29ClFN5O5S/c1-3-24(28(39)35-23(5-9-38)17-12-18(32)14-20(13-17)41-2)37-8-4-25-21(29(37)40)15-26(43-25)27-22(31)16-33-30(36-27)34-19-6-10-42-11-7-19/h3,12-16,19,23-24,38H,1,4,6-8,10-11H2,2H3,(H,35,39)(H,33,34,36)/t23-,24+/m1/s1. The molecule has 0 aliphatic carbocycles. The van der Waals surface area contributed by atoms with E-state index in [1.165, 1.54) is 53.8 Å². The maximum atomic E-state index is 14.1. The van der Waals surface area contributed by atoms with Crippen LogP contribution >= 0.6 is 22.9 Å². The number of benzene rings is 1. The van der Waals surface area contributed by atoms with E-state index in [1.54, 1.807) is 12.2 Å². The summed E-state index contributed by atoms with van der Waals surface area (Å²) in [6, 6.07) is 3.65. The summed E-state index contributed by atoms with van der Waals surface area (Å²) < 4.78 is 24.7. The van der Waals surface area contributed by atoms with Gasteiger partial charge in [-0.05, 0) is 42.5 Å². The molecular formula is C30H29ClFN5O5S. The number of methoxy groups -OCH3 is 1. The Balaban J connectivity index is 1.35. The lowest BCUT2D eigenvalue weighted by atomic mass is 10.0. The number of thiophene rings is 1. The predicted molar refractivity (Wildman–Crippen MR) is 160 cm³/mol. The molecular weight excluding hydrogens is 597 g/mol. The normalized spacial score (nSPS) is 16.3. The number of carbonyl (C=O) groups is 2. The lowest BCUT2D eigenvalue weighted by Crippen LogP contribution is -2.51. The Labute approximate surface area is 256 Å². The molecule has 5 rings (SSSR count). The smallest absolute Gasteiger partial charge is 0.255 e. The third-order valence-corrected chi connectivity index (χ3v) is 8.68. The number of ether oxygens (including phenoxy) is 2. The number of nitrogens with one attached hydrogen (secondary N) is 2. The molecule has 10 nitrogen and oxygen atoms in total. The molecule has 3 N–H and O–H groups in total. The van der Waals surface area contributed by atoms with Crippen molar-refractivity contribution >= 4 is 40.7 Å². The van der Waals surface area contributed by atoms with Crippen LogP contribution in [0.4, 0.5) is 10.3 Å². The van der Waals surface area contributed by atoms with Gasteiger partial charge in [-0.1, -0.05) is 17.7 Å². The first-order valence-electron chi connectivity index (χ1n) is 13.5. The predicted octanol–water partition coefficient (Wildman–Crippen LogP) is 4.34. The third-order valence-electron chi connectivity index (χ3n) is 7.20. The first-order valence-corrected chi connectivity index (χ1v) is 14.7. The van der Waals surface area contributed by atoms with Crippen LogP contribution in [-0.2, 0) is 16.0 Å². The van der Waals surface area contributed by atoms with Gasteiger partial charge in [0.2, 0.25) is 11.9 Å². The van der Waals surface area contributed by atoms with Crippen molar-refractivity contribution in [2.24, 2.45) is 0 Å². The molecule has 2 atom stereocenters. The van der Waals surface area contributed by atoms with E-state index in [1.807, 2.05) is 0 Å². The van der Waals surface area contributed by atoms with Crippen molar-refractivity contribution in [2.75, 3.05) is 32.2 Å². The van der Waals surface area contributed by atoms with Gasteiger partial charge in [0.25, 0.3) is 5.91 Å². The Hall–Kier alpha value is -4.18. The number of rotatable bonds is 9. The summed E-state index contributed by atoms with van der Waals surface area (Å²) in [5.41, 5.74) is 1.22. The van der Waals surface area contributed by atoms with Crippen LogP contribution in [0, 0.1) is 17.8 Å². The number of halogens is 2. The average Bonchev–Trinajstić information content (AvgIpc) is 3.45. The molecule has 0 saturated carbocycles. The number of carbonyl (C=O) groups excluding carboxylic acids is 2. The minimum atomic E-state index is -1.07. The van der Waals surface area contributed by atoms with E-state index in [0.717, 1.165) is 17.7 Å². The molecule has 3 aromatic rings. The molecule has 0 spiro atoms. The Bertz CT molecular complexity index is 1600. The van der Waals surface area contributed by atoms with E-state index in [-0.39, 0.29) is 29.8 Å². The van der Waals surface area contributed by atoms with Gasteiger partial charge in [-0.2, -0.15) is 0 Å². The van der Waals surface area contributed by atoms with Gasteiger partial charge in [0, 0.05) is 43.2 Å². The summed E-state index contributed by atoms with van der Waals surface area (Å²) in [7, 11) is 1.38. The van der Waals surface area contributed by atoms with E-state index in [4.69, 9.17) is 21.1 Å². The number of aromatic nitrogens is 2. The van der Waals surface area contributed by atoms with Crippen molar-refractivity contribution in [1.82, 2.24) is 20.2 Å². The quantitative estimate of drug-likeness (QED) is 0.237. The van der Waals surface area contributed by atoms with Gasteiger partial charge in [0.05, 0.1) is 28.8 Å². The van der Waals surface area contributed by atoms with Gasteiger partial charge in [-0.3, -0.25) is 9.59 Å². The zero-order valence-electron chi connectivity index (χ0n) is 23.2. The van der Waals surface area contributed by atoms with Crippen molar-refractivity contribution < 1.29 is 28.6 Å². The van der Waals surface area contributed by atoms with E-state index in [0.29, 0.717) is 46.7 Å². The molecule has 4 heterocycles. The van der Waals surface area contributed by atoms with Gasteiger partial charge in [0.15, 0.2) is 0 Å². The topological polar surface area (TPSA) is 126 Å². The molecule has 0 unspecified atom stereocenters. The largest absolute Gasteiger partial charge is 0.497 e. The summed E-state index contributed by atoms with van der Waals surface area (Å²) in [6.07, 6.45) is 6.86. The fraction of sp³-hybridized carbons (Fsp3) is 0.333. The highest BCUT2D eigenvalue weighted by Gasteiger charge is 2.35. The van der Waals surface area contributed by atoms with Gasteiger partial charge in [-0.25, -0.2) is 14.4 Å². The number of nitrogens with zero attached hydrogens (tertiary/aromatic N) is 3. The molecule has 1 aromatic carbocycles. The minimum Gasteiger partial charge on any atom is -0.497 e. The van der Waals surface area contributed by atoms with E-state index in [9.17, 15) is 19.1 Å². The number of anilines is 1. The van der Waals surface area contributed by atoms with Crippen molar-refractivity contribution in [1.29, 1.82) is 0 Å². The molecule has 2 aliphatic rings. The van der Waals surface area contributed by atoms with Gasteiger partial charge in [0.1, 0.15) is 35.5 Å². The second-order valence-corrected chi connectivity index (χ2v) is 11.5. The number of hydrogen-bond donors (Lipinski definition) is 3. The monoisotopic (exact) mass is 625 g/mol. The number of aliphatic hydroxyl groups is 1. The highest BCUT2D eigenvalue weighted by molar-refractivity contribution is 7.16. The van der Waals surface area contributed by atoms with E-state index < -0.39 is 23.8 Å². The van der Waals surface area contributed by atoms with E-state index >= 15 is 0 Å². The summed E-state index contributed by atoms with van der Waals surface area (Å²) >= 11 is 7.90. The molecule has 0 radical (unpaired) electrons. The summed E-state index contributed by atoms with van der Waals surface area (Å²) in [4.78, 5) is 39.0. The average molecular weight is 626 g/mol. The van der Waals surface area contributed by atoms with Crippen LogP contribution in [0.5, 0.6) is 5.75 Å². The molecule has 1 fully saturated rings. The maximum absolute atomic E-state index is 14.1. The Morgan fingerprint density at radius 2 is 2.14 bits per heavy atom. The van der Waals surface area contributed by atoms with Crippen LogP contribution in [0.2, 0.25) is 5.02 Å². The SMILES string of the molecule is C=C[C@@H](C(=O)N[C@H](C#CO)c1cc(F)cc(OC)c1)N1CCc2sc(-c3nc(NC4CCOCC4)ncc3Cl)cc2C1=O. The molecule has 224 valence electrons. The van der Waals surface area contributed by atoms with Gasteiger partial charge < -0.3 is 30.1 Å². The maximum Gasteiger partial charge on any atom is 0.255 e. The number of hydrogen-bond acceptors (Lipinski definition) is 9. The Morgan fingerprint density at radius 1 is 1.35 bits per heavy atom. The third kappa shape index (κ3) is 6.74. The number of amides is 2. The zero-order valence-corrected chi connectivity index (χ0v) is 24.8. The molecule has 13 heteroatoms. The number of aliphatic hydroxyl groups excluding tert-OH is 1. The van der Waals surface area contributed by atoms with Crippen LogP contribution < -0.4 is 15.4 Å². The van der Waals surface area contributed by atoms with E-state index in [2.05, 4.69) is 33.1 Å². The molecule has 2 aromatic heterocycles. The van der Waals surface area contributed by atoms with Crippen molar-refractivity contribution in [3.05, 3.63) is 70.0 Å². The summed E-state index contributed by atoms with van der Waals surface area (Å²) in [5, 5.41) is 15.6. The lowest BCUT2D eigenvalue weighted by molar-refractivity contribution is -0.124. The molecule has 0 bridgehead atoms. The van der Waals surface area contributed by atoms with Crippen molar-refractivity contribution in [3.63, 3.8) is 0 Å².